The van der Waals surface area contributed by atoms with Crippen LogP contribution in [0.1, 0.15) is 52.4 Å². The average molecular weight is 1500 g/mol. The molecule has 0 saturated carbocycles. The normalized spacial score (nSPS) is 17.5. The fraction of sp³-hybridized carbons (Fsp3) is 0.500. The molecule has 0 aliphatic carbocycles. The van der Waals surface area contributed by atoms with E-state index in [1.807, 2.05) is 22.2 Å². The number of primary amides is 5. The van der Waals surface area contributed by atoms with Gasteiger partial charge in [-0.25, -0.2) is 69.2 Å². The van der Waals surface area contributed by atoms with Gasteiger partial charge < -0.3 is 147 Å². The summed E-state index contributed by atoms with van der Waals surface area (Å²) in [7, 11) is 0. The van der Waals surface area contributed by atoms with Crippen LogP contribution < -0.4 is 160 Å². The molecule has 6 heterocycles. The predicted molar refractivity (Wildman–Crippen MR) is 342 cm³/mol. The number of thioether (sulfide) groups is 2. The number of nitrogens with one attached hydrogen (secondary N) is 16. The lowest BCUT2D eigenvalue weighted by atomic mass is 10.1. The van der Waals surface area contributed by atoms with Crippen LogP contribution in [0.15, 0.2) is 0 Å². The first kappa shape index (κ1) is 97.3. The molecule has 6 aliphatic heterocycles. The van der Waals surface area contributed by atoms with Gasteiger partial charge in [-0.1, -0.05) is 11.8 Å². The highest BCUT2D eigenvalue weighted by Crippen LogP contribution is 2.08. The SMILES string of the molecule is CC1(C)NC(=O)NC1=O.CSCCC(NC(N)=O)C(=O)O.NC(=O)CC(N)(N)C(=O)O.NC(=O)CC(N)(N)C(=O)O.NC(=O)NC1NC(=O)NC1=O.NC(=O)NCCCC(N)(N)C(=O)O.NNC(=S)NN.O.O=C(O)CC1NC(=O)NC1=O.O=C1CSC(=O)N1.O=C1NC2NC(=O)NC2N1. The fourth-order valence-corrected chi connectivity index (χ4v) is 6.57. The molecule has 0 aromatic carbocycles. The summed E-state index contributed by atoms with van der Waals surface area (Å²) in [6.45, 7) is 3.55. The zero-order valence-corrected chi connectivity index (χ0v) is 54.8. The van der Waals surface area contributed by atoms with Gasteiger partial charge in [0.15, 0.2) is 28.3 Å². The van der Waals surface area contributed by atoms with Gasteiger partial charge in [-0.15, -0.1) is 0 Å². The third-order valence-corrected chi connectivity index (χ3v) is 11.9. The Morgan fingerprint density at radius 1 is 0.610 bits per heavy atom. The first-order valence-corrected chi connectivity index (χ1v) is 29.0. The maximum absolute atomic E-state index is 10.7. The first-order chi connectivity index (χ1) is 45.2. The zero-order valence-electron chi connectivity index (χ0n) is 52.4. The second kappa shape index (κ2) is 47.5. The lowest BCUT2D eigenvalue weighted by Gasteiger charge is -2.18. The minimum absolute atomic E-state index is 0. The molecule has 3 unspecified atom stereocenters. The number of carbonyl (C=O) groups is 20. The Morgan fingerprint density at radius 2 is 1.05 bits per heavy atom. The molecule has 0 spiro atoms. The Hall–Kier alpha value is -11.4. The molecule has 568 valence electrons. The lowest BCUT2D eigenvalue weighted by Crippen LogP contribution is -2.58. The summed E-state index contributed by atoms with van der Waals surface area (Å²) < 4.78 is 0. The number of hydrogen-bond donors (Lipinski definition) is 34. The van der Waals surface area contributed by atoms with E-state index in [1.165, 1.54) is 11.8 Å². The van der Waals surface area contributed by atoms with Gasteiger partial charge in [-0.3, -0.25) is 70.5 Å². The molecular weight excluding hydrogens is 1420 g/mol. The summed E-state index contributed by atoms with van der Waals surface area (Å²) in [6, 6.07) is -6.33. The van der Waals surface area contributed by atoms with Crippen LogP contribution in [0.5, 0.6) is 0 Å². The quantitative estimate of drug-likeness (QED) is 0.0143. The number of amides is 23. The van der Waals surface area contributed by atoms with Crippen LogP contribution in [0.25, 0.3) is 0 Å². The highest BCUT2D eigenvalue weighted by molar-refractivity contribution is 8.14. The molecule has 6 aliphatic rings. The Labute approximate surface area is 574 Å². The van der Waals surface area contributed by atoms with Crippen molar-refractivity contribution < 1.29 is 127 Å². The van der Waals surface area contributed by atoms with E-state index in [1.54, 1.807) is 13.8 Å². The molecule has 0 aromatic rings. The Bertz CT molecular complexity index is 2840. The maximum Gasteiger partial charge on any atom is 0.339 e. The molecule has 55 nitrogen and oxygen atoms in total. The van der Waals surface area contributed by atoms with Gasteiger partial charge in [-0.2, -0.15) is 11.8 Å². The van der Waals surface area contributed by atoms with Gasteiger partial charge >= 0.3 is 78.1 Å². The molecule has 6 rings (SSSR count). The lowest BCUT2D eigenvalue weighted by molar-refractivity contribution is -0.145. The monoisotopic (exact) mass is 1500 g/mol. The van der Waals surface area contributed by atoms with Crippen molar-refractivity contribution >= 4 is 160 Å². The van der Waals surface area contributed by atoms with E-state index >= 15 is 0 Å². The topological polar surface area (TPSA) is 1000 Å². The number of carboxylic acid groups (broad SMARTS) is 5. The van der Waals surface area contributed by atoms with E-state index < -0.39 is 143 Å². The first-order valence-electron chi connectivity index (χ1n) is 26.3. The summed E-state index contributed by atoms with van der Waals surface area (Å²) in [5.74, 6) is 0.779. The third kappa shape index (κ3) is 46.7. The van der Waals surface area contributed by atoms with E-state index in [-0.39, 0.29) is 71.4 Å². The van der Waals surface area contributed by atoms with Gasteiger partial charge in [0.25, 0.3) is 23.0 Å². The van der Waals surface area contributed by atoms with Crippen LogP contribution in [0, 0.1) is 0 Å². The Balaban J connectivity index is -0.000000336. The number of imide groups is 4. The van der Waals surface area contributed by atoms with Crippen molar-refractivity contribution in [2.75, 3.05) is 24.3 Å². The number of rotatable bonds is 19. The van der Waals surface area contributed by atoms with Crippen LogP contribution in [0.2, 0.25) is 0 Å². The van der Waals surface area contributed by atoms with Gasteiger partial charge in [-0.05, 0) is 57.3 Å². The van der Waals surface area contributed by atoms with Crippen LogP contribution >= 0.6 is 35.7 Å². The molecule has 23 amide bonds. The highest BCUT2D eigenvalue weighted by Gasteiger charge is 2.40. The van der Waals surface area contributed by atoms with Crippen LogP contribution in [0.3, 0.4) is 0 Å². The number of hydrogen-bond acceptors (Lipinski definition) is 31. The minimum atomic E-state index is -2.04. The highest BCUT2D eigenvalue weighted by atomic mass is 32.2. The summed E-state index contributed by atoms with van der Waals surface area (Å²) in [5.41, 5.74) is 51.4. The number of nitrogens with two attached hydrogens (primary N) is 13. The van der Waals surface area contributed by atoms with Gasteiger partial charge in [0.2, 0.25) is 17.7 Å². The second-order valence-electron chi connectivity index (χ2n) is 19.4. The Morgan fingerprint density at radius 3 is 1.28 bits per heavy atom. The number of thiocarbonyl (C=S) groups is 1. The van der Waals surface area contributed by atoms with Gasteiger partial charge in [0, 0.05) is 6.54 Å². The maximum atomic E-state index is 10.7. The molecule has 0 radical (unpaired) electrons. The van der Waals surface area contributed by atoms with Crippen LogP contribution in [0.4, 0.5) is 43.2 Å². The predicted octanol–water partition coefficient (Wildman–Crippen LogP) is -15.2. The summed E-state index contributed by atoms with van der Waals surface area (Å²) >= 11 is 6.91. The largest absolute Gasteiger partial charge is 0.481 e. The van der Waals surface area contributed by atoms with Crippen molar-refractivity contribution in [2.45, 2.75) is 105 Å². The molecule has 6 fully saturated rings. The minimum Gasteiger partial charge on any atom is -0.481 e. The molecule has 100 heavy (non-hydrogen) atoms. The fourth-order valence-electron chi connectivity index (χ4n) is 5.57. The number of carboxylic acids is 5. The second-order valence-corrected chi connectivity index (χ2v) is 21.7. The number of fused-ring (bicyclic) bond motifs is 1. The van der Waals surface area contributed by atoms with E-state index in [9.17, 15) is 95.9 Å². The number of carbonyl (C=O) groups excluding carboxylic acids is 15. The summed E-state index contributed by atoms with van der Waals surface area (Å²) in [5, 5.41) is 73.0. The van der Waals surface area contributed by atoms with Crippen molar-refractivity contribution in [3.63, 3.8) is 0 Å². The van der Waals surface area contributed by atoms with E-state index in [0.717, 1.165) is 11.8 Å². The number of urea groups is 8. The van der Waals surface area contributed by atoms with Crippen molar-refractivity contribution in [1.29, 1.82) is 0 Å². The average Bonchev–Trinajstić information content (AvgIpc) is 1.69. The van der Waals surface area contributed by atoms with Gasteiger partial charge in [0.05, 0.1) is 25.0 Å². The molecule has 0 aromatic heterocycles. The molecule has 49 N–H and O–H groups in total. The Kier molecular flexibility index (Phi) is 46.3. The van der Waals surface area contributed by atoms with Crippen molar-refractivity contribution in [3.8, 4) is 0 Å². The molecule has 58 heteroatoms. The number of hydrazine groups is 2. The van der Waals surface area contributed by atoms with Crippen molar-refractivity contribution in [1.82, 2.24) is 85.3 Å². The molecule has 0 bridgehead atoms. The van der Waals surface area contributed by atoms with Crippen molar-refractivity contribution in [2.24, 2.45) is 74.8 Å². The standard InChI is InChI=1S/C6H14N4O3.C6H12N2O3S.C5H6N2O4.C5H8N2O2.C4H6N4O3.C4H6N4O2.2C4H9N3O3.C3H3NO2S.CH6N4S.H2O/c7-5(13)10-3-1-2-6(8,9)4(11)12;1-12-3-2-4(5(9)10)8-6(7)11;8-3(9)1-2-4(10)7-5(11)6-2;1-5(2)3(8)6-4(9)7-5;5-3(10)6-1-2(9)8-4(11)7-1;9-3-5-1-2(7-3)8-4(10)6-1;2*5-2(8)1-4(6,7)3(9)10;5-2-1-7-3(6)4-2;2-4-1(6)5-3;/h1-3,8-9H2,(H,11,12)(H3,7,10,13);4H,2-3H2,1H3,(H,9,10)(H3,7,8,11);2H,1H2,(H,8,9)(H2,6,7,10,11);1-2H3,(H2,6,7,8,9);1H,(H3,5,6,10)(H2,7,8,9,11);1-2H,(H2,5,7,9)(H2,6,8,10);2*1,6-7H2,(H2,5,8)(H,9,10);1H2,(H,4,5,6);2-3H2,(H2,4,5,6);1H2. The summed E-state index contributed by atoms with van der Waals surface area (Å²) in [6.07, 6.45) is -0.449. The molecule has 3 atom stereocenters. The summed E-state index contributed by atoms with van der Waals surface area (Å²) in [4.78, 5) is 207. The molecular formula is C42H81N29O26S3. The van der Waals surface area contributed by atoms with Gasteiger partial charge in [0.1, 0.15) is 30.0 Å². The van der Waals surface area contributed by atoms with Crippen LogP contribution in [-0.4, -0.2) is 232 Å². The number of aliphatic carboxylic acids is 5. The van der Waals surface area contributed by atoms with Crippen molar-refractivity contribution in [3.05, 3.63) is 0 Å². The van der Waals surface area contributed by atoms with E-state index in [2.05, 4.69) is 93.0 Å². The smallest absolute Gasteiger partial charge is 0.339 e. The third-order valence-electron chi connectivity index (χ3n) is 10.3. The zero-order chi connectivity index (χ0) is 78.1. The molecule has 6 saturated heterocycles. The van der Waals surface area contributed by atoms with E-state index in [4.69, 9.17) is 88.8 Å². The van der Waals surface area contributed by atoms with Crippen LogP contribution in [-0.2, 0) is 52.7 Å². The van der Waals surface area contributed by atoms with E-state index in [0.29, 0.717) is 24.3 Å².